The highest BCUT2D eigenvalue weighted by Crippen LogP contribution is 2.38. The summed E-state index contributed by atoms with van der Waals surface area (Å²) in [6, 6.07) is 3.34. The van der Waals surface area contributed by atoms with Crippen molar-refractivity contribution in [2.45, 2.75) is 25.7 Å². The Hall–Kier alpha value is -1.37. The van der Waals surface area contributed by atoms with Crippen molar-refractivity contribution in [2.75, 3.05) is 5.32 Å². The molecule has 0 aliphatic heterocycles. The Morgan fingerprint density at radius 2 is 1.95 bits per heavy atom. The van der Waals surface area contributed by atoms with Gasteiger partial charge in [0.2, 0.25) is 0 Å². The predicted molar refractivity (Wildman–Crippen MR) is 86.8 cm³/mol. The second kappa shape index (κ2) is 5.79. The number of nitrogens with two attached hydrogens (primary N) is 1. The molecule has 2 aromatic rings. The van der Waals surface area contributed by atoms with Crippen LogP contribution in [0.5, 0.6) is 0 Å². The summed E-state index contributed by atoms with van der Waals surface area (Å²) < 4.78 is 0.556. The topological polar surface area (TPSA) is 72.2 Å². The Balaban J connectivity index is 1.93. The number of anilines is 1. The Kier molecular flexibility index (Phi) is 4.01. The van der Waals surface area contributed by atoms with E-state index in [1.54, 1.807) is 12.1 Å². The molecule has 2 aromatic heterocycles. The van der Waals surface area contributed by atoms with Crippen LogP contribution >= 0.6 is 34.3 Å². The number of halogens is 1. The molecule has 0 fully saturated rings. The summed E-state index contributed by atoms with van der Waals surface area (Å²) in [4.78, 5) is 25.6. The molecule has 4 nitrogen and oxygen atoms in total. The van der Waals surface area contributed by atoms with Gasteiger partial charge in [-0.05, 0) is 43.4 Å². The lowest BCUT2D eigenvalue weighted by molar-refractivity contribution is 0.100. The van der Waals surface area contributed by atoms with Gasteiger partial charge in [-0.1, -0.05) is 11.6 Å². The van der Waals surface area contributed by atoms with Crippen LogP contribution in [0.4, 0.5) is 5.00 Å². The third-order valence-electron chi connectivity index (χ3n) is 3.44. The van der Waals surface area contributed by atoms with Gasteiger partial charge in [-0.2, -0.15) is 0 Å². The number of rotatable bonds is 3. The Morgan fingerprint density at radius 1 is 1.19 bits per heavy atom. The van der Waals surface area contributed by atoms with Crippen LogP contribution in [0, 0.1) is 0 Å². The second-order valence-electron chi connectivity index (χ2n) is 4.84. The average Bonchev–Trinajstić information content (AvgIpc) is 3.01. The van der Waals surface area contributed by atoms with E-state index in [0.29, 0.717) is 19.8 Å². The molecule has 1 aliphatic carbocycles. The maximum atomic E-state index is 12.2. The first-order valence-electron chi connectivity index (χ1n) is 6.57. The van der Waals surface area contributed by atoms with Crippen LogP contribution in [0.2, 0.25) is 4.34 Å². The molecule has 2 amide bonds. The first-order valence-corrected chi connectivity index (χ1v) is 8.58. The summed E-state index contributed by atoms with van der Waals surface area (Å²) >= 11 is 8.50. The van der Waals surface area contributed by atoms with Gasteiger partial charge in [0, 0.05) is 4.88 Å². The fourth-order valence-corrected chi connectivity index (χ4v) is 4.74. The molecule has 0 spiro atoms. The Labute approximate surface area is 134 Å². The minimum absolute atomic E-state index is 0.256. The number of carbonyl (C=O) groups excluding carboxylic acids is 2. The van der Waals surface area contributed by atoms with Crippen LogP contribution in [0.15, 0.2) is 12.1 Å². The van der Waals surface area contributed by atoms with Crippen molar-refractivity contribution in [3.63, 3.8) is 0 Å². The number of hydrogen-bond donors (Lipinski definition) is 2. The van der Waals surface area contributed by atoms with Crippen molar-refractivity contribution in [3.05, 3.63) is 37.4 Å². The highest BCUT2D eigenvalue weighted by molar-refractivity contribution is 7.18. The molecular formula is C14H13ClN2O2S2. The summed E-state index contributed by atoms with van der Waals surface area (Å²) in [5.41, 5.74) is 6.99. The zero-order valence-corrected chi connectivity index (χ0v) is 13.5. The molecule has 7 heteroatoms. The smallest absolute Gasteiger partial charge is 0.266 e. The number of primary amides is 1. The van der Waals surface area contributed by atoms with Gasteiger partial charge in [0.1, 0.15) is 5.00 Å². The van der Waals surface area contributed by atoms with Gasteiger partial charge in [-0.3, -0.25) is 9.59 Å². The standard InChI is InChI=1S/C14H13ClN2O2S2/c15-10-6-5-9(20-10)13(19)17-14-11(12(16)18)7-3-1-2-4-8(7)21-14/h5-6H,1-4H2,(H2,16,18)(H,17,19). The molecule has 21 heavy (non-hydrogen) atoms. The number of fused-ring (bicyclic) bond motifs is 1. The van der Waals surface area contributed by atoms with Crippen LogP contribution in [0.1, 0.15) is 43.3 Å². The van der Waals surface area contributed by atoms with Gasteiger partial charge < -0.3 is 11.1 Å². The van der Waals surface area contributed by atoms with Gasteiger partial charge in [0.25, 0.3) is 11.8 Å². The minimum atomic E-state index is -0.478. The highest BCUT2D eigenvalue weighted by atomic mass is 35.5. The third-order valence-corrected chi connectivity index (χ3v) is 5.88. The van der Waals surface area contributed by atoms with Crippen molar-refractivity contribution in [3.8, 4) is 0 Å². The second-order valence-corrected chi connectivity index (χ2v) is 7.66. The summed E-state index contributed by atoms with van der Waals surface area (Å²) in [7, 11) is 0. The number of thiophene rings is 2. The summed E-state index contributed by atoms with van der Waals surface area (Å²) in [5, 5.41) is 3.37. The maximum Gasteiger partial charge on any atom is 0.266 e. The predicted octanol–water partition coefficient (Wildman–Crippen LogP) is 3.69. The number of hydrogen-bond acceptors (Lipinski definition) is 4. The first-order chi connectivity index (χ1) is 10.1. The quantitative estimate of drug-likeness (QED) is 0.894. The van der Waals surface area contributed by atoms with Crippen molar-refractivity contribution in [1.29, 1.82) is 0 Å². The lowest BCUT2D eigenvalue weighted by atomic mass is 9.95. The van der Waals surface area contributed by atoms with E-state index in [2.05, 4.69) is 5.32 Å². The molecule has 0 unspecified atom stereocenters. The van der Waals surface area contributed by atoms with Crippen molar-refractivity contribution >= 4 is 51.1 Å². The zero-order chi connectivity index (χ0) is 15.0. The normalized spacial score (nSPS) is 13.8. The number of aryl methyl sites for hydroxylation is 1. The van der Waals surface area contributed by atoms with E-state index >= 15 is 0 Å². The molecule has 0 saturated carbocycles. The van der Waals surface area contributed by atoms with E-state index in [-0.39, 0.29) is 5.91 Å². The molecule has 110 valence electrons. The SMILES string of the molecule is NC(=O)c1c(NC(=O)c2ccc(Cl)s2)sc2c1CCCC2. The van der Waals surface area contributed by atoms with Crippen molar-refractivity contribution in [2.24, 2.45) is 5.73 Å². The molecule has 3 rings (SSSR count). The van der Waals surface area contributed by atoms with E-state index in [4.69, 9.17) is 17.3 Å². The molecule has 0 aromatic carbocycles. The average molecular weight is 341 g/mol. The highest BCUT2D eigenvalue weighted by Gasteiger charge is 2.25. The van der Waals surface area contributed by atoms with E-state index in [9.17, 15) is 9.59 Å². The van der Waals surface area contributed by atoms with Gasteiger partial charge in [0.05, 0.1) is 14.8 Å². The molecule has 0 radical (unpaired) electrons. The molecule has 0 atom stereocenters. The number of nitrogens with one attached hydrogen (secondary N) is 1. The van der Waals surface area contributed by atoms with Gasteiger partial charge in [-0.15, -0.1) is 22.7 Å². The fourth-order valence-electron chi connectivity index (χ4n) is 2.52. The molecule has 0 saturated heterocycles. The molecular weight excluding hydrogens is 328 g/mol. The number of carbonyl (C=O) groups is 2. The van der Waals surface area contributed by atoms with Gasteiger partial charge in [0.15, 0.2) is 0 Å². The lowest BCUT2D eigenvalue weighted by Crippen LogP contribution is -2.18. The number of amides is 2. The van der Waals surface area contributed by atoms with Crippen LogP contribution in [-0.2, 0) is 12.8 Å². The summed E-state index contributed by atoms with van der Waals surface area (Å²) in [5.74, 6) is -0.734. The van der Waals surface area contributed by atoms with E-state index in [1.807, 2.05) is 0 Å². The third kappa shape index (κ3) is 2.84. The molecule has 2 heterocycles. The monoisotopic (exact) mass is 340 g/mol. The molecule has 1 aliphatic rings. The Morgan fingerprint density at radius 3 is 2.62 bits per heavy atom. The van der Waals surface area contributed by atoms with E-state index < -0.39 is 5.91 Å². The zero-order valence-electron chi connectivity index (χ0n) is 11.1. The largest absolute Gasteiger partial charge is 0.365 e. The first kappa shape index (κ1) is 14.6. The van der Waals surface area contributed by atoms with Crippen LogP contribution in [0.25, 0.3) is 0 Å². The van der Waals surface area contributed by atoms with Crippen LogP contribution in [-0.4, -0.2) is 11.8 Å². The van der Waals surface area contributed by atoms with Crippen molar-refractivity contribution in [1.82, 2.24) is 0 Å². The fraction of sp³-hybridized carbons (Fsp3) is 0.286. The van der Waals surface area contributed by atoms with Crippen LogP contribution in [0.3, 0.4) is 0 Å². The van der Waals surface area contributed by atoms with E-state index in [1.165, 1.54) is 22.7 Å². The summed E-state index contributed by atoms with van der Waals surface area (Å²) in [6.45, 7) is 0. The minimum Gasteiger partial charge on any atom is -0.365 e. The molecule has 0 bridgehead atoms. The van der Waals surface area contributed by atoms with Crippen LogP contribution < -0.4 is 11.1 Å². The van der Waals surface area contributed by atoms with E-state index in [0.717, 1.165) is 36.1 Å². The molecule has 3 N–H and O–H groups in total. The summed E-state index contributed by atoms with van der Waals surface area (Å²) in [6.07, 6.45) is 3.96. The van der Waals surface area contributed by atoms with Crippen molar-refractivity contribution < 1.29 is 9.59 Å². The Bertz CT molecular complexity index is 721. The van der Waals surface area contributed by atoms with Gasteiger partial charge >= 0.3 is 0 Å². The lowest BCUT2D eigenvalue weighted by Gasteiger charge is -2.11. The maximum absolute atomic E-state index is 12.2. The van der Waals surface area contributed by atoms with Gasteiger partial charge in [-0.25, -0.2) is 0 Å².